The molecule has 5 amide bonds. The first-order valence-corrected chi connectivity index (χ1v) is 12.6. The van der Waals surface area contributed by atoms with Crippen LogP contribution in [0, 0.1) is 6.92 Å². The van der Waals surface area contributed by atoms with Gasteiger partial charge in [-0.25, -0.2) is 9.69 Å². The van der Waals surface area contributed by atoms with E-state index >= 15 is 0 Å². The average molecular weight is 564 g/mol. The van der Waals surface area contributed by atoms with Gasteiger partial charge in [-0.3, -0.25) is 19.7 Å². The van der Waals surface area contributed by atoms with Gasteiger partial charge >= 0.3 is 6.03 Å². The lowest BCUT2D eigenvalue weighted by Crippen LogP contribution is -2.54. The van der Waals surface area contributed by atoms with Crippen molar-refractivity contribution in [2.24, 2.45) is 0 Å². The van der Waals surface area contributed by atoms with Crippen LogP contribution in [-0.4, -0.2) is 44.1 Å². The Bertz CT molecular complexity index is 1480. The molecule has 10 nitrogen and oxygen atoms in total. The number of ether oxygens (including phenoxy) is 3. The van der Waals surface area contributed by atoms with Gasteiger partial charge in [0.15, 0.2) is 18.1 Å². The lowest BCUT2D eigenvalue weighted by Gasteiger charge is -2.26. The third kappa shape index (κ3) is 6.41. The molecule has 206 valence electrons. The summed E-state index contributed by atoms with van der Waals surface area (Å²) in [6, 6.07) is 15.7. The largest absolute Gasteiger partial charge is 0.494 e. The number of rotatable bonds is 9. The molecule has 0 spiro atoms. The van der Waals surface area contributed by atoms with Crippen LogP contribution in [0.1, 0.15) is 18.1 Å². The lowest BCUT2D eigenvalue weighted by atomic mass is 10.1. The second-order valence-corrected chi connectivity index (χ2v) is 9.03. The molecule has 2 N–H and O–H groups in total. The van der Waals surface area contributed by atoms with E-state index in [-0.39, 0.29) is 34.4 Å². The second kappa shape index (κ2) is 12.4. The van der Waals surface area contributed by atoms with Crippen molar-refractivity contribution in [1.29, 1.82) is 0 Å². The van der Waals surface area contributed by atoms with Gasteiger partial charge in [0.1, 0.15) is 11.3 Å². The molecule has 0 aliphatic carbocycles. The number of carbonyl (C=O) groups is 4. The number of hydrogen-bond donors (Lipinski definition) is 2. The maximum atomic E-state index is 13.2. The first kappa shape index (κ1) is 28.2. The van der Waals surface area contributed by atoms with Crippen molar-refractivity contribution in [2.45, 2.75) is 13.8 Å². The van der Waals surface area contributed by atoms with Crippen molar-refractivity contribution in [3.05, 3.63) is 82.4 Å². The highest BCUT2D eigenvalue weighted by Crippen LogP contribution is 2.37. The Hall–Kier alpha value is -4.83. The fourth-order valence-corrected chi connectivity index (χ4v) is 4.13. The van der Waals surface area contributed by atoms with Gasteiger partial charge < -0.3 is 19.5 Å². The number of hydrogen-bond acceptors (Lipinski definition) is 7. The van der Waals surface area contributed by atoms with Crippen LogP contribution >= 0.6 is 11.6 Å². The molecule has 0 atom stereocenters. The predicted octanol–water partition coefficient (Wildman–Crippen LogP) is 4.74. The Kier molecular flexibility index (Phi) is 8.70. The Labute approximate surface area is 235 Å². The Morgan fingerprint density at radius 2 is 1.73 bits per heavy atom. The highest BCUT2D eigenvalue weighted by Gasteiger charge is 2.37. The van der Waals surface area contributed by atoms with Crippen LogP contribution in [0.4, 0.5) is 16.2 Å². The molecule has 3 aromatic carbocycles. The summed E-state index contributed by atoms with van der Waals surface area (Å²) in [6.07, 6.45) is 1.29. The third-order valence-electron chi connectivity index (χ3n) is 5.75. The molecule has 1 saturated heterocycles. The number of anilines is 2. The van der Waals surface area contributed by atoms with Gasteiger partial charge in [-0.05, 0) is 74.0 Å². The van der Waals surface area contributed by atoms with Crippen LogP contribution in [0.2, 0.25) is 5.02 Å². The summed E-state index contributed by atoms with van der Waals surface area (Å²) in [6.45, 7) is 3.89. The molecule has 11 heteroatoms. The monoisotopic (exact) mass is 563 g/mol. The zero-order valence-corrected chi connectivity index (χ0v) is 22.7. The number of imide groups is 2. The minimum absolute atomic E-state index is 0.0810. The number of amides is 5. The first-order chi connectivity index (χ1) is 19.2. The minimum atomic E-state index is -0.875. The van der Waals surface area contributed by atoms with E-state index in [1.54, 1.807) is 24.3 Å². The van der Waals surface area contributed by atoms with E-state index in [0.717, 1.165) is 10.5 Å². The normalized spacial score (nSPS) is 14.2. The van der Waals surface area contributed by atoms with Gasteiger partial charge in [0.05, 0.1) is 24.4 Å². The van der Waals surface area contributed by atoms with Crippen LogP contribution in [0.3, 0.4) is 0 Å². The Balaban J connectivity index is 1.54. The van der Waals surface area contributed by atoms with Gasteiger partial charge in [-0.2, -0.15) is 0 Å². The van der Waals surface area contributed by atoms with Crippen LogP contribution < -0.4 is 29.7 Å². The van der Waals surface area contributed by atoms with Crippen molar-refractivity contribution >= 4 is 52.8 Å². The topological polar surface area (TPSA) is 123 Å². The fourth-order valence-electron chi connectivity index (χ4n) is 3.85. The summed E-state index contributed by atoms with van der Waals surface area (Å²) >= 11 is 6.43. The molecule has 1 heterocycles. The van der Waals surface area contributed by atoms with Gasteiger partial charge in [0.2, 0.25) is 0 Å². The Morgan fingerprint density at radius 1 is 1.02 bits per heavy atom. The molecule has 0 bridgehead atoms. The molecule has 0 unspecified atom stereocenters. The number of nitrogens with zero attached hydrogens (tertiary/aromatic N) is 1. The van der Waals surface area contributed by atoms with Crippen molar-refractivity contribution in [3.63, 3.8) is 0 Å². The summed E-state index contributed by atoms with van der Waals surface area (Å²) in [7, 11) is 1.38. The molecule has 0 aromatic heterocycles. The summed E-state index contributed by atoms with van der Waals surface area (Å²) in [5.74, 6) is -1.24. The highest BCUT2D eigenvalue weighted by molar-refractivity contribution is 6.39. The van der Waals surface area contributed by atoms with E-state index in [9.17, 15) is 19.2 Å². The van der Waals surface area contributed by atoms with Crippen LogP contribution in [-0.2, 0) is 14.4 Å². The van der Waals surface area contributed by atoms with Crippen molar-refractivity contribution in [3.8, 4) is 17.2 Å². The van der Waals surface area contributed by atoms with Crippen LogP contribution in [0.25, 0.3) is 6.08 Å². The SMILES string of the molecule is CCOc1ccc(N2C(=O)NC(=O)/C(=C\c3cc(Cl)c(OCC(=O)Nc4ccc(C)cc4)c(OC)c3)C2=O)cc1. The molecule has 1 aliphatic rings. The summed E-state index contributed by atoms with van der Waals surface area (Å²) in [4.78, 5) is 51.5. The summed E-state index contributed by atoms with van der Waals surface area (Å²) < 4.78 is 16.4. The lowest BCUT2D eigenvalue weighted by molar-refractivity contribution is -0.122. The zero-order chi connectivity index (χ0) is 28.8. The molecule has 0 saturated carbocycles. The van der Waals surface area contributed by atoms with Crippen LogP contribution in [0.5, 0.6) is 17.2 Å². The van der Waals surface area contributed by atoms with E-state index in [1.165, 1.54) is 37.5 Å². The van der Waals surface area contributed by atoms with E-state index in [4.69, 9.17) is 25.8 Å². The average Bonchev–Trinajstić information content (AvgIpc) is 2.92. The summed E-state index contributed by atoms with van der Waals surface area (Å²) in [5, 5.41) is 4.98. The number of methoxy groups -OCH3 is 1. The number of benzene rings is 3. The van der Waals surface area contributed by atoms with Gasteiger partial charge in [0, 0.05) is 5.69 Å². The molecule has 0 radical (unpaired) electrons. The van der Waals surface area contributed by atoms with E-state index < -0.39 is 23.8 Å². The summed E-state index contributed by atoms with van der Waals surface area (Å²) in [5.41, 5.74) is 1.97. The molecule has 40 heavy (non-hydrogen) atoms. The highest BCUT2D eigenvalue weighted by atomic mass is 35.5. The smallest absolute Gasteiger partial charge is 0.335 e. The Morgan fingerprint density at radius 3 is 2.38 bits per heavy atom. The predicted molar refractivity (Wildman–Crippen MR) is 150 cm³/mol. The van der Waals surface area contributed by atoms with Crippen molar-refractivity contribution in [1.82, 2.24) is 5.32 Å². The number of nitrogens with one attached hydrogen (secondary N) is 2. The van der Waals surface area contributed by atoms with Gasteiger partial charge in [-0.1, -0.05) is 29.3 Å². The molecule has 3 aromatic rings. The van der Waals surface area contributed by atoms with E-state index in [2.05, 4.69) is 10.6 Å². The molecular formula is C29H26ClN3O7. The molecule has 4 rings (SSSR count). The first-order valence-electron chi connectivity index (χ1n) is 12.2. The van der Waals surface area contributed by atoms with Crippen LogP contribution in [0.15, 0.2) is 66.2 Å². The van der Waals surface area contributed by atoms with Crippen molar-refractivity contribution in [2.75, 3.05) is 30.5 Å². The van der Waals surface area contributed by atoms with Gasteiger partial charge in [0.25, 0.3) is 17.7 Å². The minimum Gasteiger partial charge on any atom is -0.494 e. The standard InChI is InChI=1S/C29H26ClN3O7/c1-4-39-21-11-9-20(10-12-21)33-28(36)22(27(35)32-29(33)37)13-18-14-23(30)26(24(15-18)38-3)40-16-25(34)31-19-7-5-17(2)6-8-19/h5-15H,4,16H2,1-3H3,(H,31,34)(H,32,35,37)/b22-13+. The number of halogens is 1. The zero-order valence-electron chi connectivity index (χ0n) is 21.9. The number of urea groups is 1. The van der Waals surface area contributed by atoms with E-state index in [0.29, 0.717) is 23.6 Å². The number of aryl methyl sites for hydroxylation is 1. The maximum Gasteiger partial charge on any atom is 0.335 e. The fraction of sp³-hybridized carbons (Fsp3) is 0.172. The molecule has 1 fully saturated rings. The second-order valence-electron chi connectivity index (χ2n) is 8.62. The quantitative estimate of drug-likeness (QED) is 0.285. The third-order valence-corrected chi connectivity index (χ3v) is 6.03. The van der Waals surface area contributed by atoms with Crippen molar-refractivity contribution < 1.29 is 33.4 Å². The number of barbiturate groups is 1. The number of carbonyl (C=O) groups excluding carboxylic acids is 4. The van der Waals surface area contributed by atoms with E-state index in [1.807, 2.05) is 26.0 Å². The maximum absolute atomic E-state index is 13.2. The van der Waals surface area contributed by atoms with Gasteiger partial charge in [-0.15, -0.1) is 0 Å². The molecule has 1 aliphatic heterocycles. The molecular weight excluding hydrogens is 538 g/mol.